The normalized spacial score (nSPS) is 12.3. The van der Waals surface area contributed by atoms with E-state index in [0.717, 1.165) is 23.2 Å². The van der Waals surface area contributed by atoms with E-state index in [1.165, 1.54) is 0 Å². The maximum atomic E-state index is 13.3. The Kier molecular flexibility index (Phi) is 5.91. The zero-order chi connectivity index (χ0) is 22.1. The van der Waals surface area contributed by atoms with E-state index in [2.05, 4.69) is 15.0 Å². The Morgan fingerprint density at radius 3 is 2.47 bits per heavy atom. The molecule has 0 saturated heterocycles. The van der Waals surface area contributed by atoms with E-state index >= 15 is 0 Å². The van der Waals surface area contributed by atoms with Crippen LogP contribution in [0, 0.1) is 11.6 Å². The molecule has 3 rings (SSSR count). The number of aromatic nitrogens is 2. The second-order valence-corrected chi connectivity index (χ2v) is 9.47. The molecule has 30 heavy (non-hydrogen) atoms. The van der Waals surface area contributed by atoms with Crippen LogP contribution in [0.1, 0.15) is 27.2 Å². The van der Waals surface area contributed by atoms with Gasteiger partial charge in [0.2, 0.25) is 21.9 Å². The fourth-order valence-corrected chi connectivity index (χ4v) is 4.05. The Morgan fingerprint density at radius 1 is 1.10 bits per heavy atom. The van der Waals surface area contributed by atoms with Crippen LogP contribution in [-0.4, -0.2) is 30.4 Å². The molecule has 0 bridgehead atoms. The van der Waals surface area contributed by atoms with E-state index in [4.69, 9.17) is 0 Å². The summed E-state index contributed by atoms with van der Waals surface area (Å²) in [7, 11) is -4.08. The molecule has 0 aliphatic heterocycles. The predicted octanol–water partition coefficient (Wildman–Crippen LogP) is 3.38. The van der Waals surface area contributed by atoms with Crippen LogP contribution in [0.25, 0.3) is 11.0 Å². The van der Waals surface area contributed by atoms with Crippen molar-refractivity contribution in [2.75, 3.05) is 11.9 Å². The maximum absolute atomic E-state index is 13.3. The highest BCUT2D eigenvalue weighted by atomic mass is 32.2. The Hall–Kier alpha value is -2.85. The summed E-state index contributed by atoms with van der Waals surface area (Å²) in [4.78, 5) is 16.4. The van der Waals surface area contributed by atoms with Crippen molar-refractivity contribution < 1.29 is 22.0 Å². The number of fused-ring (bicyclic) bond motifs is 1. The molecular formula is C20H22F2N4O3S. The Morgan fingerprint density at radius 2 is 1.80 bits per heavy atom. The van der Waals surface area contributed by atoms with Gasteiger partial charge in [0.15, 0.2) is 11.6 Å². The molecule has 7 nitrogen and oxygen atoms in total. The summed E-state index contributed by atoms with van der Waals surface area (Å²) >= 11 is 0. The third-order valence-corrected chi connectivity index (χ3v) is 5.79. The summed E-state index contributed by atoms with van der Waals surface area (Å²) in [5.41, 5.74) is 1.23. The largest absolute Gasteiger partial charge is 0.305 e. The summed E-state index contributed by atoms with van der Waals surface area (Å²) in [6, 6.07) is 9.73. The van der Waals surface area contributed by atoms with Gasteiger partial charge in [0.05, 0.1) is 15.9 Å². The average Bonchev–Trinajstić information content (AvgIpc) is 3.01. The fraction of sp³-hybridized carbons (Fsp3) is 0.300. The highest BCUT2D eigenvalue weighted by Gasteiger charge is 2.23. The van der Waals surface area contributed by atoms with Crippen LogP contribution < -0.4 is 10.0 Å². The molecule has 2 aromatic carbocycles. The number of carbonyl (C=O) groups is 1. The first-order valence-corrected chi connectivity index (χ1v) is 10.7. The number of para-hydroxylation sites is 2. The standard InChI is InChI=1S/C20H22F2N4O3S/c1-20(2,3)26-17-7-5-4-6-16(17)24-19(26)25-18(27)10-11-23-30(28,29)13-8-9-14(21)15(22)12-13/h4-9,12,23H,10-11H2,1-3H3,(H,24,25,27). The number of imidazole rings is 1. The number of hydrogen-bond acceptors (Lipinski definition) is 4. The van der Waals surface area contributed by atoms with Crippen molar-refractivity contribution in [3.63, 3.8) is 0 Å². The van der Waals surface area contributed by atoms with Gasteiger partial charge in [-0.1, -0.05) is 12.1 Å². The molecule has 160 valence electrons. The van der Waals surface area contributed by atoms with Gasteiger partial charge in [-0.2, -0.15) is 0 Å². The zero-order valence-corrected chi connectivity index (χ0v) is 17.6. The molecule has 0 aliphatic rings. The van der Waals surface area contributed by atoms with Gasteiger partial charge < -0.3 is 4.57 Å². The Balaban J connectivity index is 1.69. The summed E-state index contributed by atoms with van der Waals surface area (Å²) in [5.74, 6) is -2.49. The third kappa shape index (κ3) is 4.65. The monoisotopic (exact) mass is 436 g/mol. The molecule has 1 amide bonds. The number of nitrogens with zero attached hydrogens (tertiary/aromatic N) is 2. The number of halogens is 2. The Labute approximate surface area is 173 Å². The Bertz CT molecular complexity index is 1200. The van der Waals surface area contributed by atoms with E-state index in [1.54, 1.807) is 0 Å². The van der Waals surface area contributed by atoms with Crippen molar-refractivity contribution in [1.29, 1.82) is 0 Å². The van der Waals surface area contributed by atoms with Crippen molar-refractivity contribution in [1.82, 2.24) is 14.3 Å². The minimum atomic E-state index is -4.08. The topological polar surface area (TPSA) is 93.1 Å². The van der Waals surface area contributed by atoms with Crippen LogP contribution in [0.4, 0.5) is 14.7 Å². The average molecular weight is 436 g/mol. The summed E-state index contributed by atoms with van der Waals surface area (Å²) in [6.45, 7) is 5.72. The second-order valence-electron chi connectivity index (χ2n) is 7.70. The number of carbonyl (C=O) groups excluding carboxylic acids is 1. The lowest BCUT2D eigenvalue weighted by molar-refractivity contribution is -0.116. The summed E-state index contributed by atoms with van der Waals surface area (Å²) in [6.07, 6.45) is -0.170. The molecule has 0 saturated carbocycles. The predicted molar refractivity (Wildman–Crippen MR) is 110 cm³/mol. The van der Waals surface area contributed by atoms with Crippen LogP contribution in [0.5, 0.6) is 0 Å². The molecule has 0 spiro atoms. The maximum Gasteiger partial charge on any atom is 0.240 e. The smallest absolute Gasteiger partial charge is 0.240 e. The lowest BCUT2D eigenvalue weighted by Crippen LogP contribution is -2.29. The number of benzene rings is 2. The quantitative estimate of drug-likeness (QED) is 0.620. The van der Waals surface area contributed by atoms with Crippen LogP contribution in [0.2, 0.25) is 0 Å². The number of amides is 1. The molecule has 0 unspecified atom stereocenters. The van der Waals surface area contributed by atoms with Gasteiger partial charge in [-0.05, 0) is 51.1 Å². The van der Waals surface area contributed by atoms with Crippen molar-refractivity contribution in [2.45, 2.75) is 37.6 Å². The first-order valence-electron chi connectivity index (χ1n) is 9.21. The van der Waals surface area contributed by atoms with E-state index < -0.39 is 32.5 Å². The van der Waals surface area contributed by atoms with Crippen LogP contribution in [0.3, 0.4) is 0 Å². The van der Waals surface area contributed by atoms with Gasteiger partial charge in [-0.3, -0.25) is 10.1 Å². The van der Waals surface area contributed by atoms with Crippen molar-refractivity contribution in [3.05, 3.63) is 54.1 Å². The summed E-state index contributed by atoms with van der Waals surface area (Å²) in [5, 5.41) is 2.72. The minimum absolute atomic E-state index is 0.170. The number of sulfonamides is 1. The summed E-state index contributed by atoms with van der Waals surface area (Å²) < 4.78 is 54.8. The van der Waals surface area contributed by atoms with Crippen molar-refractivity contribution >= 4 is 32.9 Å². The lowest BCUT2D eigenvalue weighted by atomic mass is 10.1. The molecule has 2 N–H and O–H groups in total. The third-order valence-electron chi connectivity index (χ3n) is 4.33. The first-order chi connectivity index (χ1) is 14.0. The number of nitrogens with one attached hydrogen (secondary N) is 2. The first kappa shape index (κ1) is 21.8. The molecule has 1 heterocycles. The van der Waals surface area contributed by atoms with Crippen LogP contribution in [-0.2, 0) is 20.4 Å². The van der Waals surface area contributed by atoms with Gasteiger partial charge in [-0.25, -0.2) is 26.9 Å². The molecule has 0 radical (unpaired) electrons. The molecular weight excluding hydrogens is 414 g/mol. The second kappa shape index (κ2) is 8.11. The molecule has 10 heteroatoms. The van der Waals surface area contributed by atoms with Gasteiger partial charge in [0.1, 0.15) is 0 Å². The van der Waals surface area contributed by atoms with Gasteiger partial charge in [0.25, 0.3) is 0 Å². The van der Waals surface area contributed by atoms with E-state index in [-0.39, 0.29) is 18.5 Å². The van der Waals surface area contributed by atoms with E-state index in [1.807, 2.05) is 49.6 Å². The van der Waals surface area contributed by atoms with Gasteiger partial charge >= 0.3 is 0 Å². The molecule has 0 aliphatic carbocycles. The highest BCUT2D eigenvalue weighted by molar-refractivity contribution is 7.89. The zero-order valence-electron chi connectivity index (χ0n) is 16.7. The van der Waals surface area contributed by atoms with E-state index in [0.29, 0.717) is 12.0 Å². The number of rotatable bonds is 6. The number of hydrogen-bond donors (Lipinski definition) is 2. The van der Waals surface area contributed by atoms with Crippen LogP contribution in [0.15, 0.2) is 47.4 Å². The molecule has 0 atom stereocenters. The molecule has 1 aromatic heterocycles. The lowest BCUT2D eigenvalue weighted by Gasteiger charge is -2.24. The van der Waals surface area contributed by atoms with Crippen molar-refractivity contribution in [3.8, 4) is 0 Å². The van der Waals surface area contributed by atoms with Crippen LogP contribution >= 0.6 is 0 Å². The van der Waals surface area contributed by atoms with Gasteiger partial charge in [-0.15, -0.1) is 0 Å². The van der Waals surface area contributed by atoms with Gasteiger partial charge in [0, 0.05) is 18.5 Å². The highest BCUT2D eigenvalue weighted by Crippen LogP contribution is 2.27. The minimum Gasteiger partial charge on any atom is -0.305 e. The molecule has 3 aromatic rings. The van der Waals surface area contributed by atoms with Crippen molar-refractivity contribution in [2.24, 2.45) is 0 Å². The SMILES string of the molecule is CC(C)(C)n1c(NC(=O)CCNS(=O)(=O)c2ccc(F)c(F)c2)nc2ccccc21. The van der Waals surface area contributed by atoms with E-state index in [9.17, 15) is 22.0 Å². The molecule has 0 fully saturated rings. The fourth-order valence-electron chi connectivity index (χ4n) is 3.00. The number of anilines is 1.